The van der Waals surface area contributed by atoms with Crippen LogP contribution in [0.4, 0.5) is 10.1 Å². The molecular weight excluding hydrogens is 293 g/mol. The fraction of sp³-hybridized carbons (Fsp3) is 0.250. The van der Waals surface area contributed by atoms with E-state index >= 15 is 0 Å². The number of para-hydroxylation sites is 1. The number of rotatable bonds is 5. The number of benzene rings is 2. The fourth-order valence-corrected chi connectivity index (χ4v) is 2.43. The summed E-state index contributed by atoms with van der Waals surface area (Å²) < 4.78 is 19.5. The Morgan fingerprint density at radius 1 is 1.24 bits per heavy atom. The molecule has 2 N–H and O–H groups in total. The molecule has 0 bridgehead atoms. The predicted octanol–water partition coefficient (Wildman–Crippen LogP) is 3.81. The first-order valence-corrected chi connectivity index (χ1v) is 6.86. The second-order valence-electron chi connectivity index (χ2n) is 4.91. The van der Waals surface area contributed by atoms with Crippen molar-refractivity contribution < 1.29 is 14.2 Å². The highest BCUT2D eigenvalue weighted by molar-refractivity contribution is 6.33. The third kappa shape index (κ3) is 3.12. The Bertz CT molecular complexity index is 635. The van der Waals surface area contributed by atoms with Gasteiger partial charge in [-0.25, -0.2) is 4.39 Å². The molecule has 0 amide bonds. The SMILES string of the molecule is COc1cccc(F)c1C(C)(CO)Nc1ccccc1Cl. The lowest BCUT2D eigenvalue weighted by molar-refractivity contribution is 0.216. The summed E-state index contributed by atoms with van der Waals surface area (Å²) in [5, 5.41) is 13.4. The lowest BCUT2D eigenvalue weighted by Crippen LogP contribution is -2.37. The number of methoxy groups -OCH3 is 1. The van der Waals surface area contributed by atoms with Gasteiger partial charge in [-0.3, -0.25) is 0 Å². The van der Waals surface area contributed by atoms with E-state index in [4.69, 9.17) is 16.3 Å². The molecule has 1 atom stereocenters. The molecule has 3 nitrogen and oxygen atoms in total. The Morgan fingerprint density at radius 3 is 2.57 bits per heavy atom. The number of hydrogen-bond donors (Lipinski definition) is 2. The first kappa shape index (κ1) is 15.6. The second kappa shape index (κ2) is 6.33. The van der Waals surface area contributed by atoms with Crippen molar-refractivity contribution in [1.29, 1.82) is 0 Å². The van der Waals surface area contributed by atoms with E-state index < -0.39 is 11.4 Å². The van der Waals surface area contributed by atoms with Gasteiger partial charge in [-0.1, -0.05) is 29.8 Å². The van der Waals surface area contributed by atoms with Gasteiger partial charge >= 0.3 is 0 Å². The molecule has 0 aliphatic rings. The molecule has 0 saturated carbocycles. The van der Waals surface area contributed by atoms with Crippen LogP contribution in [0.15, 0.2) is 42.5 Å². The average Bonchev–Trinajstić information content (AvgIpc) is 2.49. The largest absolute Gasteiger partial charge is 0.496 e. The van der Waals surface area contributed by atoms with Crippen LogP contribution in [0.3, 0.4) is 0 Å². The molecule has 112 valence electrons. The van der Waals surface area contributed by atoms with E-state index in [0.29, 0.717) is 16.5 Å². The summed E-state index contributed by atoms with van der Waals surface area (Å²) in [5.74, 6) is -0.0865. The monoisotopic (exact) mass is 309 g/mol. The van der Waals surface area contributed by atoms with Crippen LogP contribution in [0.25, 0.3) is 0 Å². The zero-order valence-corrected chi connectivity index (χ0v) is 12.6. The van der Waals surface area contributed by atoms with Gasteiger partial charge in [0.15, 0.2) is 0 Å². The highest BCUT2D eigenvalue weighted by Crippen LogP contribution is 2.36. The minimum absolute atomic E-state index is 0.259. The average molecular weight is 310 g/mol. The number of anilines is 1. The fourth-order valence-electron chi connectivity index (χ4n) is 2.25. The highest BCUT2D eigenvalue weighted by atomic mass is 35.5. The summed E-state index contributed by atoms with van der Waals surface area (Å²) >= 11 is 6.12. The maximum Gasteiger partial charge on any atom is 0.132 e. The topological polar surface area (TPSA) is 41.5 Å². The molecule has 0 aliphatic carbocycles. The van der Waals surface area contributed by atoms with Crippen molar-refractivity contribution in [2.45, 2.75) is 12.5 Å². The van der Waals surface area contributed by atoms with Crippen molar-refractivity contribution in [2.75, 3.05) is 19.0 Å². The van der Waals surface area contributed by atoms with Crippen LogP contribution in [0.5, 0.6) is 5.75 Å². The molecule has 2 aromatic rings. The molecule has 0 spiro atoms. The number of nitrogens with one attached hydrogen (secondary N) is 1. The van der Waals surface area contributed by atoms with Crippen molar-refractivity contribution in [3.05, 3.63) is 58.9 Å². The molecule has 2 rings (SSSR count). The normalized spacial score (nSPS) is 13.6. The van der Waals surface area contributed by atoms with Crippen molar-refractivity contribution in [2.24, 2.45) is 0 Å². The van der Waals surface area contributed by atoms with Crippen molar-refractivity contribution in [3.8, 4) is 5.75 Å². The van der Waals surface area contributed by atoms with Gasteiger partial charge in [0.05, 0.1) is 35.5 Å². The Morgan fingerprint density at radius 2 is 1.95 bits per heavy atom. The van der Waals surface area contributed by atoms with Crippen LogP contribution in [0.1, 0.15) is 12.5 Å². The zero-order chi connectivity index (χ0) is 15.5. The third-order valence-corrected chi connectivity index (χ3v) is 3.68. The zero-order valence-electron chi connectivity index (χ0n) is 11.9. The summed E-state index contributed by atoms with van der Waals surface area (Å²) in [6.07, 6.45) is 0. The van der Waals surface area contributed by atoms with E-state index in [1.165, 1.54) is 13.2 Å². The van der Waals surface area contributed by atoms with Crippen LogP contribution in [0, 0.1) is 5.82 Å². The Balaban J connectivity index is 2.49. The maximum atomic E-state index is 14.3. The quantitative estimate of drug-likeness (QED) is 0.882. The van der Waals surface area contributed by atoms with Gasteiger partial charge < -0.3 is 15.2 Å². The van der Waals surface area contributed by atoms with Crippen molar-refractivity contribution in [3.63, 3.8) is 0 Å². The molecule has 0 fully saturated rings. The van der Waals surface area contributed by atoms with Crippen LogP contribution < -0.4 is 10.1 Å². The lowest BCUT2D eigenvalue weighted by atomic mass is 9.91. The number of hydrogen-bond acceptors (Lipinski definition) is 3. The number of aliphatic hydroxyl groups is 1. The minimum Gasteiger partial charge on any atom is -0.496 e. The molecule has 2 aromatic carbocycles. The summed E-state index contributed by atoms with van der Waals surface area (Å²) in [6.45, 7) is 1.37. The van der Waals surface area contributed by atoms with E-state index in [0.717, 1.165) is 0 Å². The Labute approximate surface area is 128 Å². The first-order valence-electron chi connectivity index (χ1n) is 6.48. The first-order chi connectivity index (χ1) is 10.0. The van der Waals surface area contributed by atoms with Crippen LogP contribution in [-0.4, -0.2) is 18.8 Å². The predicted molar refractivity (Wildman–Crippen MR) is 82.5 cm³/mol. The second-order valence-corrected chi connectivity index (χ2v) is 5.32. The van der Waals surface area contributed by atoms with E-state index in [2.05, 4.69) is 5.32 Å². The minimum atomic E-state index is -1.07. The molecule has 21 heavy (non-hydrogen) atoms. The van der Waals surface area contributed by atoms with Crippen LogP contribution in [-0.2, 0) is 5.54 Å². The third-order valence-electron chi connectivity index (χ3n) is 3.35. The molecule has 0 heterocycles. The van der Waals surface area contributed by atoms with Crippen LogP contribution in [0.2, 0.25) is 5.02 Å². The maximum absolute atomic E-state index is 14.3. The van der Waals surface area contributed by atoms with Gasteiger partial charge in [0, 0.05) is 0 Å². The number of ether oxygens (including phenoxy) is 1. The Hall–Kier alpha value is -1.78. The Kier molecular flexibility index (Phi) is 4.70. The lowest BCUT2D eigenvalue weighted by Gasteiger charge is -2.32. The number of aliphatic hydroxyl groups excluding tert-OH is 1. The summed E-state index contributed by atoms with van der Waals surface area (Å²) in [5.41, 5.74) is -0.197. The van der Waals surface area contributed by atoms with Gasteiger partial charge in [-0.05, 0) is 31.2 Å². The summed E-state index contributed by atoms with van der Waals surface area (Å²) in [4.78, 5) is 0. The van der Waals surface area contributed by atoms with Gasteiger partial charge in [-0.2, -0.15) is 0 Å². The molecule has 1 unspecified atom stereocenters. The molecule has 0 radical (unpaired) electrons. The highest BCUT2D eigenvalue weighted by Gasteiger charge is 2.32. The molecule has 0 aliphatic heterocycles. The van der Waals surface area contributed by atoms with Crippen molar-refractivity contribution >= 4 is 17.3 Å². The van der Waals surface area contributed by atoms with Gasteiger partial charge in [0.25, 0.3) is 0 Å². The molecule has 0 aromatic heterocycles. The molecule has 0 saturated heterocycles. The van der Waals surface area contributed by atoms with E-state index in [1.807, 2.05) is 6.07 Å². The summed E-state index contributed by atoms with van der Waals surface area (Å²) in [6, 6.07) is 11.6. The van der Waals surface area contributed by atoms with Gasteiger partial charge in [0.1, 0.15) is 11.6 Å². The van der Waals surface area contributed by atoms with Crippen LogP contribution >= 0.6 is 11.6 Å². The van der Waals surface area contributed by atoms with Crippen molar-refractivity contribution in [1.82, 2.24) is 0 Å². The van der Waals surface area contributed by atoms with E-state index in [-0.39, 0.29) is 12.2 Å². The molecule has 5 heteroatoms. The van der Waals surface area contributed by atoms with E-state index in [9.17, 15) is 9.50 Å². The standard InChI is InChI=1S/C16H17ClFNO2/c1-16(10-20,19-13-8-4-3-6-11(13)17)15-12(18)7-5-9-14(15)21-2/h3-9,19-20H,10H2,1-2H3. The molecular formula is C16H17ClFNO2. The van der Waals surface area contributed by atoms with Gasteiger partial charge in [0.2, 0.25) is 0 Å². The van der Waals surface area contributed by atoms with E-state index in [1.54, 1.807) is 37.3 Å². The number of halogens is 2. The summed E-state index contributed by atoms with van der Waals surface area (Å²) in [7, 11) is 1.46. The van der Waals surface area contributed by atoms with Gasteiger partial charge in [-0.15, -0.1) is 0 Å². The smallest absolute Gasteiger partial charge is 0.132 e.